The molecule has 0 bridgehead atoms. The Labute approximate surface area is 155 Å². The van der Waals surface area contributed by atoms with Gasteiger partial charge in [-0.15, -0.1) is 0 Å². The molecule has 0 amide bonds. The second-order valence-electron chi connectivity index (χ2n) is 6.88. The molecule has 1 aromatic carbocycles. The topological polar surface area (TPSA) is 75.2 Å². The largest absolute Gasteiger partial charge is 0.370 e. The molecule has 1 saturated heterocycles. The van der Waals surface area contributed by atoms with Gasteiger partial charge in [0.25, 0.3) is 0 Å². The van der Waals surface area contributed by atoms with Crippen LogP contribution in [0.4, 0.5) is 11.8 Å². The number of aromatic nitrogens is 2. The fourth-order valence-electron chi connectivity index (χ4n) is 3.20. The number of aryl methyl sites for hydroxylation is 2. The zero-order valence-corrected chi connectivity index (χ0v) is 16.2. The quantitative estimate of drug-likeness (QED) is 0.751. The van der Waals surface area contributed by atoms with Crippen LogP contribution in [0.3, 0.4) is 0 Å². The summed E-state index contributed by atoms with van der Waals surface area (Å²) in [5, 5.41) is 3.36. The molecule has 1 aliphatic rings. The van der Waals surface area contributed by atoms with E-state index in [4.69, 9.17) is 0 Å². The van der Waals surface area contributed by atoms with Crippen LogP contribution < -0.4 is 10.2 Å². The maximum absolute atomic E-state index is 11.7. The number of nitrogens with zero attached hydrogens (tertiary/aromatic N) is 3. The van der Waals surface area contributed by atoms with Gasteiger partial charge in [-0.25, -0.2) is 13.4 Å². The first-order chi connectivity index (χ1) is 12.4. The summed E-state index contributed by atoms with van der Waals surface area (Å²) >= 11 is 0. The van der Waals surface area contributed by atoms with Crippen molar-refractivity contribution < 1.29 is 8.42 Å². The highest BCUT2D eigenvalue weighted by molar-refractivity contribution is 7.91. The summed E-state index contributed by atoms with van der Waals surface area (Å²) in [6, 6.07) is 12.3. The van der Waals surface area contributed by atoms with Gasteiger partial charge in [-0.3, -0.25) is 0 Å². The van der Waals surface area contributed by atoms with Crippen LogP contribution in [0.2, 0.25) is 0 Å². The summed E-state index contributed by atoms with van der Waals surface area (Å²) in [5.41, 5.74) is 2.20. The standard InChI is InChI=1S/C19H26N4O2S/c1-15-13-18(20-11-6-9-16-7-4-3-5-8-16)22-19(21-15)23(2)17-10-12-26(24,25)14-17/h3-5,7-8,13,17H,6,9-12,14H2,1-2H3,(H,20,21,22). The van der Waals surface area contributed by atoms with Gasteiger partial charge in [-0.05, 0) is 31.7 Å². The van der Waals surface area contributed by atoms with Gasteiger partial charge < -0.3 is 10.2 Å². The first kappa shape index (κ1) is 18.6. The summed E-state index contributed by atoms with van der Waals surface area (Å²) in [6.07, 6.45) is 2.67. The van der Waals surface area contributed by atoms with Gasteiger partial charge in [0.15, 0.2) is 9.84 Å². The van der Waals surface area contributed by atoms with Crippen molar-refractivity contribution in [2.75, 3.05) is 35.3 Å². The lowest BCUT2D eigenvalue weighted by Gasteiger charge is -2.24. The summed E-state index contributed by atoms with van der Waals surface area (Å²) in [6.45, 7) is 2.76. The van der Waals surface area contributed by atoms with E-state index >= 15 is 0 Å². The Morgan fingerprint density at radius 1 is 1.23 bits per heavy atom. The van der Waals surface area contributed by atoms with Crippen molar-refractivity contribution in [1.29, 1.82) is 0 Å². The number of hydrogen-bond donors (Lipinski definition) is 1. The molecule has 26 heavy (non-hydrogen) atoms. The van der Waals surface area contributed by atoms with Crippen molar-refractivity contribution in [1.82, 2.24) is 9.97 Å². The van der Waals surface area contributed by atoms with Gasteiger partial charge in [-0.2, -0.15) is 4.98 Å². The fraction of sp³-hybridized carbons (Fsp3) is 0.474. The van der Waals surface area contributed by atoms with Crippen LogP contribution in [0.25, 0.3) is 0 Å². The van der Waals surface area contributed by atoms with Gasteiger partial charge in [0.1, 0.15) is 5.82 Å². The molecule has 7 heteroatoms. The number of rotatable bonds is 7. The van der Waals surface area contributed by atoms with Crippen molar-refractivity contribution in [2.45, 2.75) is 32.2 Å². The molecule has 0 saturated carbocycles. The third-order valence-electron chi connectivity index (χ3n) is 4.71. The summed E-state index contributed by atoms with van der Waals surface area (Å²) in [5.74, 6) is 1.80. The van der Waals surface area contributed by atoms with Gasteiger partial charge >= 0.3 is 0 Å². The average Bonchev–Trinajstić information content (AvgIpc) is 2.98. The number of anilines is 2. The van der Waals surface area contributed by atoms with Gasteiger partial charge in [-0.1, -0.05) is 30.3 Å². The molecule has 0 spiro atoms. The van der Waals surface area contributed by atoms with E-state index < -0.39 is 9.84 Å². The van der Waals surface area contributed by atoms with Crippen LogP contribution in [0, 0.1) is 6.92 Å². The first-order valence-corrected chi connectivity index (χ1v) is 10.8. The molecule has 1 unspecified atom stereocenters. The van der Waals surface area contributed by atoms with Crippen molar-refractivity contribution >= 4 is 21.6 Å². The minimum Gasteiger partial charge on any atom is -0.370 e. The second kappa shape index (κ2) is 8.03. The Hall–Kier alpha value is -2.15. The van der Waals surface area contributed by atoms with E-state index in [1.165, 1.54) is 5.56 Å². The zero-order chi connectivity index (χ0) is 18.6. The molecule has 3 rings (SSSR count). The number of sulfone groups is 1. The van der Waals surface area contributed by atoms with Crippen LogP contribution in [0.15, 0.2) is 36.4 Å². The molecule has 2 heterocycles. The lowest BCUT2D eigenvalue weighted by atomic mass is 10.1. The van der Waals surface area contributed by atoms with Gasteiger partial charge in [0, 0.05) is 31.4 Å². The Morgan fingerprint density at radius 3 is 2.69 bits per heavy atom. The average molecular weight is 375 g/mol. The Balaban J connectivity index is 1.58. The minimum atomic E-state index is -2.93. The minimum absolute atomic E-state index is 0.0484. The van der Waals surface area contributed by atoms with E-state index in [1.54, 1.807) is 0 Å². The molecular formula is C19H26N4O2S. The maximum atomic E-state index is 11.7. The van der Waals surface area contributed by atoms with E-state index in [2.05, 4.69) is 39.6 Å². The number of nitrogens with one attached hydrogen (secondary N) is 1. The molecule has 0 radical (unpaired) electrons. The molecule has 1 fully saturated rings. The highest BCUT2D eigenvalue weighted by Crippen LogP contribution is 2.21. The van der Waals surface area contributed by atoms with E-state index in [9.17, 15) is 8.42 Å². The summed E-state index contributed by atoms with van der Waals surface area (Å²) in [4.78, 5) is 11.0. The summed E-state index contributed by atoms with van der Waals surface area (Å²) in [7, 11) is -1.05. The van der Waals surface area contributed by atoms with Gasteiger partial charge in [0.05, 0.1) is 11.5 Å². The number of hydrogen-bond acceptors (Lipinski definition) is 6. The van der Waals surface area contributed by atoms with Gasteiger partial charge in [0.2, 0.25) is 5.95 Å². The molecule has 1 aromatic heterocycles. The first-order valence-electron chi connectivity index (χ1n) is 9.00. The Morgan fingerprint density at radius 2 is 2.00 bits per heavy atom. The van der Waals surface area contributed by atoms with E-state index in [-0.39, 0.29) is 17.5 Å². The van der Waals surface area contributed by atoms with E-state index in [0.717, 1.165) is 30.9 Å². The summed E-state index contributed by atoms with van der Waals surface area (Å²) < 4.78 is 23.4. The van der Waals surface area contributed by atoms with Crippen LogP contribution in [-0.4, -0.2) is 49.5 Å². The highest BCUT2D eigenvalue weighted by atomic mass is 32.2. The monoisotopic (exact) mass is 374 g/mol. The molecule has 140 valence electrons. The molecule has 0 aliphatic carbocycles. The van der Waals surface area contributed by atoms with Crippen LogP contribution in [0.1, 0.15) is 24.1 Å². The smallest absolute Gasteiger partial charge is 0.227 e. The Bertz CT molecular complexity index is 840. The van der Waals surface area contributed by atoms with Crippen molar-refractivity contribution in [3.63, 3.8) is 0 Å². The predicted octanol–water partition coefficient (Wildman–Crippen LogP) is 2.45. The van der Waals surface area contributed by atoms with E-state index in [0.29, 0.717) is 12.4 Å². The van der Waals surface area contributed by atoms with E-state index in [1.807, 2.05) is 31.0 Å². The van der Waals surface area contributed by atoms with Crippen molar-refractivity contribution in [2.24, 2.45) is 0 Å². The molecule has 1 atom stereocenters. The lowest BCUT2D eigenvalue weighted by molar-refractivity contribution is 0.600. The molecule has 6 nitrogen and oxygen atoms in total. The SMILES string of the molecule is Cc1cc(NCCCc2ccccc2)nc(N(C)C2CCS(=O)(=O)C2)n1. The van der Waals surface area contributed by atoms with Crippen LogP contribution in [-0.2, 0) is 16.3 Å². The second-order valence-corrected chi connectivity index (χ2v) is 9.11. The molecule has 2 aromatic rings. The third-order valence-corrected chi connectivity index (χ3v) is 6.46. The van der Waals surface area contributed by atoms with Crippen molar-refractivity contribution in [3.05, 3.63) is 47.7 Å². The van der Waals surface area contributed by atoms with Crippen LogP contribution in [0.5, 0.6) is 0 Å². The highest BCUT2D eigenvalue weighted by Gasteiger charge is 2.31. The lowest BCUT2D eigenvalue weighted by Crippen LogP contribution is -2.34. The molecular weight excluding hydrogens is 348 g/mol. The molecule has 1 aliphatic heterocycles. The van der Waals surface area contributed by atoms with Crippen molar-refractivity contribution in [3.8, 4) is 0 Å². The normalized spacial score (nSPS) is 18.6. The maximum Gasteiger partial charge on any atom is 0.227 e. The Kier molecular flexibility index (Phi) is 5.76. The fourth-order valence-corrected chi connectivity index (χ4v) is 4.97. The predicted molar refractivity (Wildman–Crippen MR) is 105 cm³/mol. The van der Waals surface area contributed by atoms with Crippen LogP contribution >= 0.6 is 0 Å². The number of benzene rings is 1. The molecule has 1 N–H and O–H groups in total. The third kappa shape index (κ3) is 4.94. The zero-order valence-electron chi connectivity index (χ0n) is 15.4.